The largest absolute Gasteiger partial charge is 0.456 e. The molecular weight excluding hydrogens is 601 g/mol. The maximum atomic E-state index is 9.59. The van der Waals surface area contributed by atoms with Gasteiger partial charge in [0, 0.05) is 38.3 Å². The Morgan fingerprint density at radius 1 is 0.490 bits per heavy atom. The first kappa shape index (κ1) is 27.1. The van der Waals surface area contributed by atoms with Crippen molar-refractivity contribution in [2.45, 2.75) is 0 Å². The average Bonchev–Trinajstić information content (AvgIpc) is 3.80. The Hall–Kier alpha value is -7.08. The summed E-state index contributed by atoms with van der Waals surface area (Å²) in [5.41, 5.74) is 11.5. The Labute approximate surface area is 280 Å². The van der Waals surface area contributed by atoms with Crippen molar-refractivity contribution < 1.29 is 4.42 Å². The molecule has 3 aromatic heterocycles. The van der Waals surface area contributed by atoms with E-state index in [4.69, 9.17) is 11.0 Å². The minimum absolute atomic E-state index is 0.607. The van der Waals surface area contributed by atoms with E-state index >= 15 is 0 Å². The van der Waals surface area contributed by atoms with Gasteiger partial charge in [-0.15, -0.1) is 0 Å². The molecule has 0 radical (unpaired) electrons. The summed E-state index contributed by atoms with van der Waals surface area (Å²) in [7, 11) is 0. The standard InChI is InChI=1S/C44H24N4O/c1-46-30-17-19-41-36(23-30)37-25-44-38(34-13-3-5-15-43(34)49-44)24-42(37)48(41)32-11-7-9-29(22-32)28-8-6-10-31(21-28)47-39-14-4-2-12-33(39)35-20-27(26-45)16-18-40(35)47/h2-25H. The number of benzene rings is 7. The quantitative estimate of drug-likeness (QED) is 0.184. The van der Waals surface area contributed by atoms with Crippen molar-refractivity contribution in [3.8, 4) is 28.6 Å². The second-order valence-electron chi connectivity index (χ2n) is 12.4. The predicted octanol–water partition coefficient (Wildman–Crippen LogP) is 11.9. The van der Waals surface area contributed by atoms with E-state index in [0.717, 1.165) is 88.1 Å². The Bertz CT molecular complexity index is 3090. The summed E-state index contributed by atoms with van der Waals surface area (Å²) in [6, 6.07) is 52.3. The predicted molar refractivity (Wildman–Crippen MR) is 199 cm³/mol. The van der Waals surface area contributed by atoms with Gasteiger partial charge in [0.1, 0.15) is 11.2 Å². The molecule has 0 unspecified atom stereocenters. The van der Waals surface area contributed by atoms with Crippen molar-refractivity contribution in [3.63, 3.8) is 0 Å². The van der Waals surface area contributed by atoms with E-state index in [1.807, 2.05) is 54.6 Å². The summed E-state index contributed by atoms with van der Waals surface area (Å²) in [6.45, 7) is 7.69. The van der Waals surface area contributed by atoms with Gasteiger partial charge in [-0.3, -0.25) is 0 Å². The molecule has 10 aromatic rings. The molecule has 0 saturated carbocycles. The molecule has 7 aromatic carbocycles. The lowest BCUT2D eigenvalue weighted by Crippen LogP contribution is -1.96. The van der Waals surface area contributed by atoms with Crippen LogP contribution in [0.15, 0.2) is 150 Å². The van der Waals surface area contributed by atoms with Gasteiger partial charge in [-0.2, -0.15) is 5.26 Å². The van der Waals surface area contributed by atoms with Gasteiger partial charge >= 0.3 is 0 Å². The second-order valence-corrected chi connectivity index (χ2v) is 12.4. The molecule has 0 aliphatic heterocycles. The molecule has 0 bridgehead atoms. The van der Waals surface area contributed by atoms with Crippen molar-refractivity contribution in [1.82, 2.24) is 9.13 Å². The third-order valence-corrected chi connectivity index (χ3v) is 9.72. The highest BCUT2D eigenvalue weighted by Crippen LogP contribution is 2.40. The number of hydrogen-bond donors (Lipinski definition) is 0. The minimum Gasteiger partial charge on any atom is -0.456 e. The molecule has 10 rings (SSSR count). The van der Waals surface area contributed by atoms with Crippen molar-refractivity contribution in [1.29, 1.82) is 5.26 Å². The van der Waals surface area contributed by atoms with E-state index in [1.54, 1.807) is 0 Å². The molecule has 0 fully saturated rings. The molecule has 0 saturated heterocycles. The van der Waals surface area contributed by atoms with Crippen LogP contribution in [0.4, 0.5) is 5.69 Å². The first-order valence-corrected chi connectivity index (χ1v) is 16.1. The molecule has 226 valence electrons. The monoisotopic (exact) mass is 624 g/mol. The topological polar surface area (TPSA) is 51.1 Å². The van der Waals surface area contributed by atoms with Crippen molar-refractivity contribution in [3.05, 3.63) is 163 Å². The molecule has 0 atom stereocenters. The summed E-state index contributed by atoms with van der Waals surface area (Å²) in [5, 5.41) is 16.0. The van der Waals surface area contributed by atoms with Gasteiger partial charge in [0.2, 0.25) is 0 Å². The fourth-order valence-electron chi connectivity index (χ4n) is 7.54. The van der Waals surface area contributed by atoms with Crippen LogP contribution in [0.1, 0.15) is 5.56 Å². The fraction of sp³-hybridized carbons (Fsp3) is 0. The van der Waals surface area contributed by atoms with Crippen LogP contribution in [0.2, 0.25) is 0 Å². The zero-order chi connectivity index (χ0) is 32.6. The molecule has 0 N–H and O–H groups in total. The van der Waals surface area contributed by atoms with Gasteiger partial charge < -0.3 is 13.6 Å². The zero-order valence-corrected chi connectivity index (χ0v) is 26.1. The first-order valence-electron chi connectivity index (χ1n) is 16.1. The Morgan fingerprint density at radius 2 is 1.12 bits per heavy atom. The molecule has 0 aliphatic carbocycles. The molecule has 5 heteroatoms. The van der Waals surface area contributed by atoms with Crippen LogP contribution >= 0.6 is 0 Å². The highest BCUT2D eigenvalue weighted by Gasteiger charge is 2.18. The van der Waals surface area contributed by atoms with E-state index in [1.165, 1.54) is 0 Å². The molecule has 3 heterocycles. The minimum atomic E-state index is 0.607. The van der Waals surface area contributed by atoms with E-state index in [2.05, 4.69) is 111 Å². The smallest absolute Gasteiger partial charge is 0.188 e. The Kier molecular flexibility index (Phi) is 5.64. The van der Waals surface area contributed by atoms with Crippen LogP contribution in [0.5, 0.6) is 0 Å². The van der Waals surface area contributed by atoms with Gasteiger partial charge in [-0.25, -0.2) is 4.85 Å². The highest BCUT2D eigenvalue weighted by molar-refractivity contribution is 6.17. The Morgan fingerprint density at radius 3 is 1.88 bits per heavy atom. The molecule has 0 amide bonds. The summed E-state index contributed by atoms with van der Waals surface area (Å²) in [6.07, 6.45) is 0. The van der Waals surface area contributed by atoms with Crippen LogP contribution in [0.3, 0.4) is 0 Å². The normalized spacial score (nSPS) is 11.6. The molecule has 49 heavy (non-hydrogen) atoms. The van der Waals surface area contributed by atoms with Crippen LogP contribution in [-0.4, -0.2) is 9.13 Å². The maximum absolute atomic E-state index is 9.59. The van der Waals surface area contributed by atoms with Crippen molar-refractivity contribution in [2.24, 2.45) is 0 Å². The van der Waals surface area contributed by atoms with Gasteiger partial charge in [0.15, 0.2) is 5.69 Å². The van der Waals surface area contributed by atoms with E-state index in [0.29, 0.717) is 11.3 Å². The average molecular weight is 625 g/mol. The van der Waals surface area contributed by atoms with Gasteiger partial charge in [-0.05, 0) is 95.4 Å². The van der Waals surface area contributed by atoms with Crippen molar-refractivity contribution >= 4 is 71.2 Å². The van der Waals surface area contributed by atoms with E-state index in [-0.39, 0.29) is 0 Å². The summed E-state index contributed by atoms with van der Waals surface area (Å²) >= 11 is 0. The van der Waals surface area contributed by atoms with Gasteiger partial charge in [0.25, 0.3) is 0 Å². The summed E-state index contributed by atoms with van der Waals surface area (Å²) in [4.78, 5) is 3.74. The lowest BCUT2D eigenvalue weighted by Gasteiger charge is -2.13. The molecular formula is C44H24N4O. The molecule has 5 nitrogen and oxygen atoms in total. The zero-order valence-electron chi connectivity index (χ0n) is 26.1. The van der Waals surface area contributed by atoms with Crippen molar-refractivity contribution in [2.75, 3.05) is 0 Å². The summed E-state index contributed by atoms with van der Waals surface area (Å²) in [5.74, 6) is 0. The van der Waals surface area contributed by atoms with Crippen LogP contribution in [-0.2, 0) is 0 Å². The highest BCUT2D eigenvalue weighted by atomic mass is 16.3. The van der Waals surface area contributed by atoms with Crippen LogP contribution in [0.25, 0.3) is 92.9 Å². The third kappa shape index (κ3) is 3.97. The summed E-state index contributed by atoms with van der Waals surface area (Å²) < 4.78 is 10.9. The Balaban J connectivity index is 1.18. The second kappa shape index (κ2) is 10.2. The number of rotatable bonds is 3. The van der Waals surface area contributed by atoms with E-state index < -0.39 is 0 Å². The molecule has 0 aliphatic rings. The fourth-order valence-corrected chi connectivity index (χ4v) is 7.54. The number of nitriles is 1. The molecule has 0 spiro atoms. The maximum Gasteiger partial charge on any atom is 0.188 e. The van der Waals surface area contributed by atoms with Crippen LogP contribution < -0.4 is 0 Å². The number of nitrogens with zero attached hydrogens (tertiary/aromatic N) is 4. The SMILES string of the molecule is [C-]#[N+]c1ccc2c(c1)c1cc3oc4ccccc4c3cc1n2-c1cccc(-c2cccc(-n3c4ccccc4c4cc(C#N)ccc43)c2)c1. The van der Waals surface area contributed by atoms with Gasteiger partial charge in [0.05, 0.1) is 40.3 Å². The number of para-hydroxylation sites is 2. The number of hydrogen-bond acceptors (Lipinski definition) is 2. The lowest BCUT2D eigenvalue weighted by molar-refractivity contribution is 0.669. The number of aromatic nitrogens is 2. The lowest BCUT2D eigenvalue weighted by atomic mass is 10.0. The van der Waals surface area contributed by atoms with E-state index in [9.17, 15) is 5.26 Å². The van der Waals surface area contributed by atoms with Crippen LogP contribution in [0, 0.1) is 17.9 Å². The third-order valence-electron chi connectivity index (χ3n) is 9.72. The van der Waals surface area contributed by atoms with Gasteiger partial charge in [-0.1, -0.05) is 66.7 Å². The number of furan rings is 1. The number of fused-ring (bicyclic) bond motifs is 9. The first-order chi connectivity index (χ1) is 24.2.